The predicted molar refractivity (Wildman–Crippen MR) is 274 cm³/mol. The minimum absolute atomic E-state index is 0.858. The Morgan fingerprint density at radius 3 is 1.60 bits per heavy atom. The zero-order chi connectivity index (χ0) is 42.8. The maximum Gasteiger partial charge on any atom is 0.145 e. The van der Waals surface area contributed by atoms with Crippen molar-refractivity contribution in [1.82, 2.24) is 4.57 Å². The summed E-state index contributed by atoms with van der Waals surface area (Å²) in [6, 6.07) is 87.5. The van der Waals surface area contributed by atoms with Gasteiger partial charge in [-0.05, 0) is 116 Å². The van der Waals surface area contributed by atoms with E-state index in [1.54, 1.807) is 0 Å². The van der Waals surface area contributed by atoms with Crippen molar-refractivity contribution in [3.05, 3.63) is 243 Å². The van der Waals surface area contributed by atoms with Gasteiger partial charge in [0.05, 0.1) is 22.1 Å². The van der Waals surface area contributed by atoms with E-state index in [9.17, 15) is 0 Å². The Bertz CT molecular complexity index is 3860. The highest BCUT2D eigenvalue weighted by Crippen LogP contribution is 2.47. The first-order valence-corrected chi connectivity index (χ1v) is 22.2. The molecule has 2 aromatic heterocycles. The monoisotopic (exact) mass is 828 g/mol. The first kappa shape index (κ1) is 36.9. The second-order valence-electron chi connectivity index (χ2n) is 16.8. The topological polar surface area (TPSA) is 21.3 Å². The number of para-hydroxylation sites is 3. The summed E-state index contributed by atoms with van der Waals surface area (Å²) < 4.78 is 9.28. The summed E-state index contributed by atoms with van der Waals surface area (Å²) in [4.78, 5) is 2.38. The molecule has 3 heteroatoms. The standard InChI is InChI=1S/C62H40N2O/c1-2-13-41(14-3-1)42-25-32-46(33-26-42)63(47-34-27-44(28-35-47)50-20-12-21-52-49-16-5-4-15-43(49)31-38-53(50)52)59-40-39-51(62-61(59)56-19-8-11-24-60(56)65-62)45-29-36-48(37-30-45)64-57-22-9-6-17-54(57)55-18-7-10-23-58(55)64/h1-40H. The Balaban J connectivity index is 0.962. The third-order valence-electron chi connectivity index (χ3n) is 13.2. The molecule has 2 heterocycles. The van der Waals surface area contributed by atoms with Gasteiger partial charge in [0.15, 0.2) is 0 Å². The van der Waals surface area contributed by atoms with Crippen LogP contribution in [0.5, 0.6) is 0 Å². The molecular weight excluding hydrogens is 789 g/mol. The zero-order valence-corrected chi connectivity index (χ0v) is 35.4. The van der Waals surface area contributed by atoms with E-state index in [2.05, 4.69) is 252 Å². The number of fused-ring (bicyclic) bond motifs is 9. The lowest BCUT2D eigenvalue weighted by Gasteiger charge is -2.27. The van der Waals surface area contributed by atoms with Gasteiger partial charge in [0.1, 0.15) is 11.2 Å². The summed E-state index contributed by atoms with van der Waals surface area (Å²) in [6.07, 6.45) is 0. The van der Waals surface area contributed by atoms with Crippen LogP contribution in [-0.4, -0.2) is 4.57 Å². The molecule has 13 aromatic rings. The first-order chi connectivity index (χ1) is 32.2. The van der Waals surface area contributed by atoms with Crippen LogP contribution in [-0.2, 0) is 0 Å². The number of aromatic nitrogens is 1. The fourth-order valence-corrected chi connectivity index (χ4v) is 10.2. The van der Waals surface area contributed by atoms with E-state index < -0.39 is 0 Å². The smallest absolute Gasteiger partial charge is 0.145 e. The van der Waals surface area contributed by atoms with Crippen LogP contribution < -0.4 is 4.90 Å². The van der Waals surface area contributed by atoms with Gasteiger partial charge in [-0.2, -0.15) is 0 Å². The number of nitrogens with zero attached hydrogens (tertiary/aromatic N) is 2. The van der Waals surface area contributed by atoms with E-state index in [0.29, 0.717) is 0 Å². The second kappa shape index (κ2) is 15.0. The van der Waals surface area contributed by atoms with Gasteiger partial charge in [-0.1, -0.05) is 176 Å². The van der Waals surface area contributed by atoms with Gasteiger partial charge in [0.2, 0.25) is 0 Å². The van der Waals surface area contributed by atoms with E-state index >= 15 is 0 Å². The summed E-state index contributed by atoms with van der Waals surface area (Å²) in [5.74, 6) is 0. The highest BCUT2D eigenvalue weighted by Gasteiger charge is 2.23. The third-order valence-corrected chi connectivity index (χ3v) is 13.2. The van der Waals surface area contributed by atoms with Crippen LogP contribution in [0, 0.1) is 0 Å². The molecule has 0 fully saturated rings. The lowest BCUT2D eigenvalue weighted by molar-refractivity contribution is 0.670. The van der Waals surface area contributed by atoms with Crippen LogP contribution in [0.4, 0.5) is 17.1 Å². The number of anilines is 3. The quantitative estimate of drug-likeness (QED) is 0.149. The highest BCUT2D eigenvalue weighted by molar-refractivity contribution is 6.17. The van der Waals surface area contributed by atoms with Gasteiger partial charge in [-0.3, -0.25) is 0 Å². The fourth-order valence-electron chi connectivity index (χ4n) is 10.2. The number of hydrogen-bond acceptors (Lipinski definition) is 2. The van der Waals surface area contributed by atoms with Crippen molar-refractivity contribution in [2.45, 2.75) is 0 Å². The van der Waals surface area contributed by atoms with Crippen molar-refractivity contribution in [2.24, 2.45) is 0 Å². The van der Waals surface area contributed by atoms with Crippen molar-refractivity contribution in [3.8, 4) is 39.1 Å². The molecule has 0 atom stereocenters. The van der Waals surface area contributed by atoms with Crippen LogP contribution >= 0.6 is 0 Å². The lowest BCUT2D eigenvalue weighted by atomic mass is 9.94. The van der Waals surface area contributed by atoms with Crippen molar-refractivity contribution < 1.29 is 4.42 Å². The Morgan fingerprint density at radius 2 is 0.877 bits per heavy atom. The average Bonchev–Trinajstić information content (AvgIpc) is 3.94. The molecule has 304 valence electrons. The molecule has 0 unspecified atom stereocenters. The maximum absolute atomic E-state index is 6.91. The molecule has 0 amide bonds. The van der Waals surface area contributed by atoms with Crippen LogP contribution in [0.3, 0.4) is 0 Å². The lowest BCUT2D eigenvalue weighted by Crippen LogP contribution is -2.10. The molecule has 0 saturated carbocycles. The third kappa shape index (κ3) is 6.05. The van der Waals surface area contributed by atoms with E-state index in [1.807, 2.05) is 0 Å². The van der Waals surface area contributed by atoms with Crippen LogP contribution in [0.25, 0.3) is 104 Å². The van der Waals surface area contributed by atoms with Crippen molar-refractivity contribution in [2.75, 3.05) is 4.90 Å². The molecule has 11 aromatic carbocycles. The number of rotatable bonds is 7. The molecule has 65 heavy (non-hydrogen) atoms. The molecule has 0 N–H and O–H groups in total. The van der Waals surface area contributed by atoms with Gasteiger partial charge in [-0.25, -0.2) is 0 Å². The Labute approximate surface area is 376 Å². The maximum atomic E-state index is 6.91. The summed E-state index contributed by atoms with van der Waals surface area (Å²) in [6.45, 7) is 0. The van der Waals surface area contributed by atoms with Crippen LogP contribution in [0.2, 0.25) is 0 Å². The Hall–Kier alpha value is -8.66. The van der Waals surface area contributed by atoms with Crippen LogP contribution in [0.1, 0.15) is 0 Å². The molecular formula is C62H40N2O. The van der Waals surface area contributed by atoms with Crippen LogP contribution in [0.15, 0.2) is 247 Å². The Morgan fingerprint density at radius 1 is 0.323 bits per heavy atom. The van der Waals surface area contributed by atoms with E-state index in [0.717, 1.165) is 55.8 Å². The molecule has 0 spiro atoms. The molecule has 0 bridgehead atoms. The normalized spacial score (nSPS) is 11.7. The van der Waals surface area contributed by atoms with Crippen molar-refractivity contribution in [3.63, 3.8) is 0 Å². The number of furan rings is 1. The first-order valence-electron chi connectivity index (χ1n) is 22.2. The summed E-state index contributed by atoms with van der Waals surface area (Å²) in [5.41, 5.74) is 15.3. The SMILES string of the molecule is c1ccc(-c2ccc(N(c3ccc(-c4cccc5c4ccc4ccccc45)cc3)c3ccc(-c4ccc(-n5c6ccccc6c6ccccc65)cc4)c4oc5ccccc5c34)cc2)cc1. The van der Waals surface area contributed by atoms with E-state index in [-0.39, 0.29) is 0 Å². The summed E-state index contributed by atoms with van der Waals surface area (Å²) in [5, 5.41) is 9.69. The largest absolute Gasteiger partial charge is 0.455 e. The molecule has 13 rings (SSSR count). The van der Waals surface area contributed by atoms with Crippen molar-refractivity contribution >= 4 is 82.4 Å². The van der Waals surface area contributed by atoms with Gasteiger partial charge < -0.3 is 13.9 Å². The fraction of sp³-hybridized carbons (Fsp3) is 0. The number of benzene rings is 11. The summed E-state index contributed by atoms with van der Waals surface area (Å²) >= 11 is 0. The Kier molecular flexibility index (Phi) is 8.53. The predicted octanol–water partition coefficient (Wildman–Crippen LogP) is 17.5. The van der Waals surface area contributed by atoms with Gasteiger partial charge in [0.25, 0.3) is 0 Å². The zero-order valence-electron chi connectivity index (χ0n) is 35.4. The molecule has 3 nitrogen and oxygen atoms in total. The van der Waals surface area contributed by atoms with Crippen molar-refractivity contribution in [1.29, 1.82) is 0 Å². The molecule has 0 aliphatic heterocycles. The minimum atomic E-state index is 0.858. The molecule has 0 radical (unpaired) electrons. The van der Waals surface area contributed by atoms with Gasteiger partial charge >= 0.3 is 0 Å². The summed E-state index contributed by atoms with van der Waals surface area (Å²) in [7, 11) is 0. The molecule has 0 aliphatic rings. The highest BCUT2D eigenvalue weighted by atomic mass is 16.3. The minimum Gasteiger partial charge on any atom is -0.455 e. The number of hydrogen-bond donors (Lipinski definition) is 0. The van der Waals surface area contributed by atoms with E-state index in [4.69, 9.17) is 4.42 Å². The van der Waals surface area contributed by atoms with Gasteiger partial charge in [-0.15, -0.1) is 0 Å². The average molecular weight is 829 g/mol. The van der Waals surface area contributed by atoms with Gasteiger partial charge in [0, 0.05) is 38.8 Å². The molecule has 0 saturated heterocycles. The molecule has 0 aliphatic carbocycles. The van der Waals surface area contributed by atoms with E-state index in [1.165, 1.54) is 65.6 Å². The second-order valence-corrected chi connectivity index (χ2v) is 16.8.